The minimum absolute atomic E-state index is 0.300. The van der Waals surface area contributed by atoms with Crippen LogP contribution in [0.15, 0.2) is 46.9 Å². The van der Waals surface area contributed by atoms with Gasteiger partial charge < -0.3 is 4.42 Å². The Balaban J connectivity index is 2.11. The van der Waals surface area contributed by atoms with E-state index in [1.807, 2.05) is 25.1 Å². The highest BCUT2D eigenvalue weighted by atomic mass is 35.5. The molecule has 0 radical (unpaired) electrons. The predicted molar refractivity (Wildman–Crippen MR) is 81.5 cm³/mol. The van der Waals surface area contributed by atoms with Crippen molar-refractivity contribution in [3.63, 3.8) is 0 Å². The Morgan fingerprint density at radius 1 is 1.24 bits per heavy atom. The highest BCUT2D eigenvalue weighted by molar-refractivity contribution is 6.31. The van der Waals surface area contributed by atoms with Crippen LogP contribution in [0, 0.1) is 12.7 Å². The number of nitrogens with two attached hydrogens (primary N) is 1. The molecule has 0 aliphatic rings. The summed E-state index contributed by atoms with van der Waals surface area (Å²) in [6.45, 7) is 1.92. The van der Waals surface area contributed by atoms with Crippen molar-refractivity contribution in [1.29, 1.82) is 0 Å². The molecule has 3 N–H and O–H groups in total. The van der Waals surface area contributed by atoms with Crippen molar-refractivity contribution >= 4 is 22.6 Å². The van der Waals surface area contributed by atoms with Crippen LogP contribution >= 0.6 is 11.6 Å². The van der Waals surface area contributed by atoms with Crippen LogP contribution in [0.25, 0.3) is 11.0 Å². The van der Waals surface area contributed by atoms with Crippen LogP contribution in [0.1, 0.15) is 22.9 Å². The third-order valence-corrected chi connectivity index (χ3v) is 3.98. The second-order valence-corrected chi connectivity index (χ2v) is 5.29. The lowest BCUT2D eigenvalue weighted by molar-refractivity contribution is 0.476. The van der Waals surface area contributed by atoms with Crippen molar-refractivity contribution < 1.29 is 8.81 Å². The lowest BCUT2D eigenvalue weighted by Gasteiger charge is -2.16. The van der Waals surface area contributed by atoms with Crippen LogP contribution in [-0.2, 0) is 0 Å². The van der Waals surface area contributed by atoms with E-state index in [9.17, 15) is 4.39 Å². The summed E-state index contributed by atoms with van der Waals surface area (Å²) in [5.74, 6) is 5.99. The van der Waals surface area contributed by atoms with Crippen molar-refractivity contribution in [2.75, 3.05) is 0 Å². The first-order chi connectivity index (χ1) is 10.1. The molecule has 3 rings (SSSR count). The van der Waals surface area contributed by atoms with Crippen molar-refractivity contribution in [3.8, 4) is 0 Å². The van der Waals surface area contributed by atoms with Gasteiger partial charge in [-0.1, -0.05) is 23.7 Å². The van der Waals surface area contributed by atoms with Gasteiger partial charge in [-0.25, -0.2) is 9.82 Å². The Morgan fingerprint density at radius 2 is 2.05 bits per heavy atom. The molecule has 21 heavy (non-hydrogen) atoms. The normalized spacial score (nSPS) is 12.8. The molecule has 0 aliphatic heterocycles. The number of benzene rings is 2. The first-order valence-corrected chi connectivity index (χ1v) is 6.88. The molecule has 0 bridgehead atoms. The smallest absolute Gasteiger partial charge is 0.134 e. The number of halogens is 2. The number of hydrazine groups is 1. The van der Waals surface area contributed by atoms with Gasteiger partial charge in [0.15, 0.2) is 0 Å². The fraction of sp³-hybridized carbons (Fsp3) is 0.125. The minimum Gasteiger partial charge on any atom is -0.459 e. The highest BCUT2D eigenvalue weighted by Gasteiger charge is 2.20. The van der Waals surface area contributed by atoms with Gasteiger partial charge in [-0.15, -0.1) is 0 Å². The van der Waals surface area contributed by atoms with Gasteiger partial charge in [0.05, 0.1) is 0 Å². The van der Waals surface area contributed by atoms with Gasteiger partial charge in [-0.2, -0.15) is 0 Å². The van der Waals surface area contributed by atoms with E-state index >= 15 is 0 Å². The third-order valence-electron chi connectivity index (χ3n) is 3.57. The first kappa shape index (κ1) is 14.1. The number of nitrogens with one attached hydrogen (secondary N) is 1. The van der Waals surface area contributed by atoms with Crippen molar-refractivity contribution in [3.05, 3.63) is 70.2 Å². The van der Waals surface area contributed by atoms with Gasteiger partial charge in [-0.05, 0) is 48.4 Å². The lowest BCUT2D eigenvalue weighted by Crippen LogP contribution is -2.29. The highest BCUT2D eigenvalue weighted by Crippen LogP contribution is 2.31. The molecule has 1 atom stereocenters. The quantitative estimate of drug-likeness (QED) is 0.566. The Labute approximate surface area is 126 Å². The molecule has 0 saturated carbocycles. The zero-order valence-electron chi connectivity index (χ0n) is 11.4. The lowest BCUT2D eigenvalue weighted by atomic mass is 9.99. The second kappa shape index (κ2) is 5.48. The van der Waals surface area contributed by atoms with E-state index < -0.39 is 0 Å². The summed E-state index contributed by atoms with van der Waals surface area (Å²) in [5.41, 5.74) is 5.19. The Morgan fingerprint density at radius 3 is 2.81 bits per heavy atom. The number of furan rings is 1. The van der Waals surface area contributed by atoms with Crippen LogP contribution in [0.5, 0.6) is 0 Å². The summed E-state index contributed by atoms with van der Waals surface area (Å²) >= 11 is 6.15. The summed E-state index contributed by atoms with van der Waals surface area (Å²) < 4.78 is 19.0. The van der Waals surface area contributed by atoms with Crippen LogP contribution in [-0.4, -0.2) is 0 Å². The second-order valence-electron chi connectivity index (χ2n) is 4.88. The van der Waals surface area contributed by atoms with Gasteiger partial charge >= 0.3 is 0 Å². The monoisotopic (exact) mass is 304 g/mol. The summed E-state index contributed by atoms with van der Waals surface area (Å²) in [6.07, 6.45) is 0. The SMILES string of the molecule is Cc1c(Cl)cccc1C(NN)c1cc2cc(F)ccc2o1. The van der Waals surface area contributed by atoms with Gasteiger partial charge in [-0.3, -0.25) is 5.84 Å². The molecule has 0 spiro atoms. The Hall–Kier alpha value is -1.88. The van der Waals surface area contributed by atoms with E-state index in [-0.39, 0.29) is 11.9 Å². The molecule has 1 unspecified atom stereocenters. The maximum atomic E-state index is 13.3. The minimum atomic E-state index is -0.348. The van der Waals surface area contributed by atoms with E-state index in [0.29, 0.717) is 21.8 Å². The van der Waals surface area contributed by atoms with Crippen LogP contribution < -0.4 is 11.3 Å². The van der Waals surface area contributed by atoms with Gasteiger partial charge in [0.1, 0.15) is 23.2 Å². The van der Waals surface area contributed by atoms with Gasteiger partial charge in [0.2, 0.25) is 0 Å². The zero-order chi connectivity index (χ0) is 15.0. The molecule has 0 fully saturated rings. The van der Waals surface area contributed by atoms with Crippen molar-refractivity contribution in [1.82, 2.24) is 5.43 Å². The average Bonchev–Trinajstić information content (AvgIpc) is 2.87. The molecule has 108 valence electrons. The number of hydrogen-bond acceptors (Lipinski definition) is 3. The molecular weight excluding hydrogens is 291 g/mol. The molecule has 2 aromatic carbocycles. The maximum Gasteiger partial charge on any atom is 0.134 e. The van der Waals surface area contributed by atoms with E-state index in [0.717, 1.165) is 11.1 Å². The number of rotatable bonds is 3. The van der Waals surface area contributed by atoms with Crippen LogP contribution in [0.4, 0.5) is 4.39 Å². The molecule has 3 aromatic rings. The third kappa shape index (κ3) is 2.53. The van der Waals surface area contributed by atoms with E-state index in [2.05, 4.69) is 5.43 Å². The fourth-order valence-corrected chi connectivity index (χ4v) is 2.62. The number of hydrogen-bond donors (Lipinski definition) is 2. The topological polar surface area (TPSA) is 51.2 Å². The summed E-state index contributed by atoms with van der Waals surface area (Å²) in [5, 5.41) is 1.36. The predicted octanol–water partition coefficient (Wildman–Crippen LogP) is 4.09. The standard InChI is InChI=1S/C16H14ClFN2O/c1-9-12(3-2-4-13(9)17)16(20-19)15-8-10-7-11(18)5-6-14(10)21-15/h2-8,16,20H,19H2,1H3. The summed E-state index contributed by atoms with van der Waals surface area (Å²) in [7, 11) is 0. The molecular formula is C16H14ClFN2O. The molecule has 1 aromatic heterocycles. The molecule has 1 heterocycles. The van der Waals surface area contributed by atoms with E-state index in [1.165, 1.54) is 12.1 Å². The molecule has 5 heteroatoms. The van der Waals surface area contributed by atoms with Gasteiger partial charge in [0, 0.05) is 10.4 Å². The van der Waals surface area contributed by atoms with Crippen LogP contribution in [0.3, 0.4) is 0 Å². The summed E-state index contributed by atoms with van der Waals surface area (Å²) in [6, 6.07) is 11.4. The Kier molecular flexibility index (Phi) is 3.68. The summed E-state index contributed by atoms with van der Waals surface area (Å²) in [4.78, 5) is 0. The maximum absolute atomic E-state index is 13.3. The zero-order valence-corrected chi connectivity index (χ0v) is 12.1. The van der Waals surface area contributed by atoms with Crippen LogP contribution in [0.2, 0.25) is 5.02 Å². The first-order valence-electron chi connectivity index (χ1n) is 6.50. The van der Waals surface area contributed by atoms with Gasteiger partial charge in [0.25, 0.3) is 0 Å². The average molecular weight is 305 g/mol. The van der Waals surface area contributed by atoms with Crippen molar-refractivity contribution in [2.45, 2.75) is 13.0 Å². The molecule has 3 nitrogen and oxygen atoms in total. The molecule has 0 amide bonds. The Bertz CT molecular complexity index is 800. The fourth-order valence-electron chi connectivity index (χ4n) is 2.44. The largest absolute Gasteiger partial charge is 0.459 e. The molecule has 0 saturated heterocycles. The molecule has 0 aliphatic carbocycles. The number of fused-ring (bicyclic) bond motifs is 1. The van der Waals surface area contributed by atoms with Crippen molar-refractivity contribution in [2.24, 2.45) is 5.84 Å². The van der Waals surface area contributed by atoms with E-state index in [1.54, 1.807) is 12.1 Å². The van der Waals surface area contributed by atoms with E-state index in [4.69, 9.17) is 21.9 Å².